The second-order valence-corrected chi connectivity index (χ2v) is 6.79. The fourth-order valence-corrected chi connectivity index (χ4v) is 3.14. The van der Waals surface area contributed by atoms with Crippen LogP contribution in [0.3, 0.4) is 0 Å². The van der Waals surface area contributed by atoms with Gasteiger partial charge in [0.05, 0.1) is 5.52 Å². The molecule has 5 rings (SSSR count). The molecular weight excluding hydrogens is 390 g/mol. The maximum Gasteiger partial charge on any atom is 0.160 e. The van der Waals surface area contributed by atoms with Crippen LogP contribution in [0.1, 0.15) is 5.56 Å². The van der Waals surface area contributed by atoms with E-state index in [4.69, 9.17) is 16.3 Å². The number of ether oxygens (including phenoxy) is 1. The van der Waals surface area contributed by atoms with Gasteiger partial charge in [-0.05, 0) is 55.0 Å². The minimum absolute atomic E-state index is 0.388. The Balaban J connectivity index is 1.42. The monoisotopic (exact) mass is 403 g/mol. The van der Waals surface area contributed by atoms with Crippen LogP contribution in [-0.4, -0.2) is 30.4 Å². The lowest BCUT2D eigenvalue weighted by Gasteiger charge is -2.12. The number of nitrogens with zero attached hydrogens (tertiary/aromatic N) is 5. The minimum Gasteiger partial charge on any atom is -0.457 e. The molecule has 0 spiro atoms. The number of benzene rings is 2. The molecule has 0 aliphatic heterocycles. The Morgan fingerprint density at radius 1 is 0.931 bits per heavy atom. The fraction of sp³-hybridized carbons (Fsp3) is 0.0500. The molecule has 0 aliphatic carbocycles. The van der Waals surface area contributed by atoms with Gasteiger partial charge in [-0.25, -0.2) is 15.0 Å². The van der Waals surface area contributed by atoms with Crippen molar-refractivity contribution in [2.75, 3.05) is 5.32 Å². The van der Waals surface area contributed by atoms with Crippen LogP contribution in [0.4, 0.5) is 11.5 Å². The van der Waals surface area contributed by atoms with Gasteiger partial charge in [-0.2, -0.15) is 15.4 Å². The topological polar surface area (TPSA) is 102 Å². The summed E-state index contributed by atoms with van der Waals surface area (Å²) in [5.74, 6) is 2.02. The number of rotatable bonds is 4. The Labute approximate surface area is 169 Å². The average molecular weight is 404 g/mol. The van der Waals surface area contributed by atoms with Crippen molar-refractivity contribution >= 4 is 45.2 Å². The van der Waals surface area contributed by atoms with Crippen molar-refractivity contribution in [2.45, 2.75) is 6.92 Å². The van der Waals surface area contributed by atoms with Gasteiger partial charge < -0.3 is 10.1 Å². The van der Waals surface area contributed by atoms with E-state index in [1.807, 2.05) is 49.4 Å². The van der Waals surface area contributed by atoms with Crippen molar-refractivity contribution < 1.29 is 4.74 Å². The van der Waals surface area contributed by atoms with Crippen molar-refractivity contribution in [3.8, 4) is 11.5 Å². The predicted octanol–water partition coefficient (Wildman–Crippen LogP) is 4.79. The third kappa shape index (κ3) is 3.41. The van der Waals surface area contributed by atoms with E-state index in [1.165, 1.54) is 6.33 Å². The molecule has 0 saturated carbocycles. The first-order chi connectivity index (χ1) is 14.2. The summed E-state index contributed by atoms with van der Waals surface area (Å²) in [5, 5.41) is 14.4. The highest BCUT2D eigenvalue weighted by atomic mass is 35.5. The van der Waals surface area contributed by atoms with E-state index >= 15 is 0 Å². The number of hydrogen-bond acceptors (Lipinski definition) is 7. The summed E-state index contributed by atoms with van der Waals surface area (Å²) in [6.45, 7) is 1.97. The van der Waals surface area contributed by atoms with E-state index in [1.54, 1.807) is 6.07 Å². The molecule has 9 heteroatoms. The first kappa shape index (κ1) is 17.3. The first-order valence-corrected chi connectivity index (χ1v) is 9.17. The Bertz CT molecular complexity index is 1350. The molecule has 0 bridgehead atoms. The molecule has 0 fully saturated rings. The van der Waals surface area contributed by atoms with Gasteiger partial charge in [0.2, 0.25) is 0 Å². The van der Waals surface area contributed by atoms with Crippen molar-refractivity contribution in [1.82, 2.24) is 30.4 Å². The van der Waals surface area contributed by atoms with E-state index in [0.29, 0.717) is 27.8 Å². The molecule has 0 aliphatic rings. The third-order valence-corrected chi connectivity index (χ3v) is 4.61. The number of anilines is 2. The molecule has 0 unspecified atom stereocenters. The molecule has 3 heterocycles. The Morgan fingerprint density at radius 3 is 2.69 bits per heavy atom. The van der Waals surface area contributed by atoms with Crippen LogP contribution < -0.4 is 10.1 Å². The molecule has 5 aromatic rings. The van der Waals surface area contributed by atoms with Gasteiger partial charge in [-0.15, -0.1) is 0 Å². The average Bonchev–Trinajstić information content (AvgIpc) is 3.18. The Hall–Kier alpha value is -3.78. The van der Waals surface area contributed by atoms with Crippen LogP contribution in [-0.2, 0) is 0 Å². The summed E-state index contributed by atoms with van der Waals surface area (Å²) in [5.41, 5.74) is 4.67. The van der Waals surface area contributed by atoms with Gasteiger partial charge in [0.15, 0.2) is 5.82 Å². The largest absolute Gasteiger partial charge is 0.457 e. The quantitative estimate of drug-likeness (QED) is 0.416. The molecule has 0 atom stereocenters. The summed E-state index contributed by atoms with van der Waals surface area (Å²) >= 11 is 6.02. The summed E-state index contributed by atoms with van der Waals surface area (Å²) in [6.07, 6.45) is 1.49. The number of pyridine rings is 1. The summed E-state index contributed by atoms with van der Waals surface area (Å²) in [6, 6.07) is 14.9. The fourth-order valence-electron chi connectivity index (χ4n) is 3.00. The highest BCUT2D eigenvalue weighted by molar-refractivity contribution is 6.29. The number of halogens is 1. The van der Waals surface area contributed by atoms with E-state index < -0.39 is 0 Å². The van der Waals surface area contributed by atoms with Crippen LogP contribution in [0.25, 0.3) is 22.1 Å². The number of hydrogen-bond donors (Lipinski definition) is 2. The van der Waals surface area contributed by atoms with Gasteiger partial charge in [-0.3, -0.25) is 0 Å². The zero-order valence-corrected chi connectivity index (χ0v) is 16.0. The number of H-pyrrole nitrogens is 1. The minimum atomic E-state index is 0.388. The molecule has 29 heavy (non-hydrogen) atoms. The van der Waals surface area contributed by atoms with Crippen molar-refractivity contribution in [3.05, 3.63) is 65.6 Å². The maximum absolute atomic E-state index is 6.02. The Kier molecular flexibility index (Phi) is 4.18. The van der Waals surface area contributed by atoms with Crippen LogP contribution in [0.5, 0.6) is 11.5 Å². The zero-order chi connectivity index (χ0) is 19.8. The lowest BCUT2D eigenvalue weighted by Crippen LogP contribution is -1.98. The molecule has 3 aromatic heterocycles. The number of aromatic nitrogens is 6. The molecule has 0 amide bonds. The lowest BCUT2D eigenvalue weighted by molar-refractivity contribution is 0.479. The van der Waals surface area contributed by atoms with E-state index in [2.05, 4.69) is 35.7 Å². The van der Waals surface area contributed by atoms with Gasteiger partial charge in [0.1, 0.15) is 39.5 Å². The van der Waals surface area contributed by atoms with Crippen LogP contribution in [0.15, 0.2) is 54.9 Å². The summed E-state index contributed by atoms with van der Waals surface area (Å²) < 4.78 is 6.01. The smallest absolute Gasteiger partial charge is 0.160 e. The number of nitrogens with one attached hydrogen (secondary N) is 2. The lowest BCUT2D eigenvalue weighted by atomic mass is 10.2. The van der Waals surface area contributed by atoms with E-state index in [-0.39, 0.29) is 0 Å². The first-order valence-electron chi connectivity index (χ1n) is 8.79. The van der Waals surface area contributed by atoms with E-state index in [0.717, 1.165) is 28.0 Å². The zero-order valence-electron chi connectivity index (χ0n) is 15.2. The van der Waals surface area contributed by atoms with Crippen molar-refractivity contribution in [3.63, 3.8) is 0 Å². The van der Waals surface area contributed by atoms with Crippen molar-refractivity contribution in [2.24, 2.45) is 0 Å². The van der Waals surface area contributed by atoms with Gasteiger partial charge >= 0.3 is 0 Å². The Morgan fingerprint density at radius 2 is 1.79 bits per heavy atom. The van der Waals surface area contributed by atoms with Gasteiger partial charge in [0.25, 0.3) is 0 Å². The van der Waals surface area contributed by atoms with E-state index in [9.17, 15) is 0 Å². The molecule has 142 valence electrons. The number of aromatic amines is 1. The SMILES string of the molecule is Cc1cc(Nc2ncnc3ccc(Cl)nc23)ccc1Oc1ccc2n[nH]nc2c1. The molecule has 2 N–H and O–H groups in total. The standard InChI is InChI=1S/C20H14ClN7O/c1-11-8-12(24-20-19-15(22-10-23-20)5-7-18(21)25-19)2-6-17(11)29-13-3-4-14-16(9-13)27-28-26-14/h2-10H,1H3,(H,22,23,24)(H,26,27,28). The second-order valence-electron chi connectivity index (χ2n) is 6.41. The van der Waals surface area contributed by atoms with Gasteiger partial charge in [-0.1, -0.05) is 11.6 Å². The number of aryl methyl sites for hydroxylation is 1. The predicted molar refractivity (Wildman–Crippen MR) is 111 cm³/mol. The molecule has 8 nitrogen and oxygen atoms in total. The number of fused-ring (bicyclic) bond motifs is 2. The molecule has 0 radical (unpaired) electrons. The van der Waals surface area contributed by atoms with Crippen LogP contribution in [0.2, 0.25) is 5.15 Å². The highest BCUT2D eigenvalue weighted by Crippen LogP contribution is 2.30. The molecule has 0 saturated heterocycles. The normalized spacial score (nSPS) is 11.1. The van der Waals surface area contributed by atoms with Crippen LogP contribution in [0, 0.1) is 6.92 Å². The van der Waals surface area contributed by atoms with Crippen molar-refractivity contribution in [1.29, 1.82) is 0 Å². The maximum atomic E-state index is 6.02. The summed E-state index contributed by atoms with van der Waals surface area (Å²) in [7, 11) is 0. The third-order valence-electron chi connectivity index (χ3n) is 4.40. The molecule has 2 aromatic carbocycles. The highest BCUT2D eigenvalue weighted by Gasteiger charge is 2.09. The second kappa shape index (κ2) is 6.99. The molecular formula is C20H14ClN7O. The summed E-state index contributed by atoms with van der Waals surface area (Å²) in [4.78, 5) is 12.8. The van der Waals surface area contributed by atoms with Gasteiger partial charge in [0, 0.05) is 11.8 Å². The van der Waals surface area contributed by atoms with Crippen LogP contribution >= 0.6 is 11.6 Å².